The molecule has 106 valence electrons. The molecule has 3 nitrogen and oxygen atoms in total. The zero-order chi connectivity index (χ0) is 14.8. The summed E-state index contributed by atoms with van der Waals surface area (Å²) in [4.78, 5) is 0.214. The zero-order valence-electron chi connectivity index (χ0n) is 11.4. The van der Waals surface area contributed by atoms with Crippen molar-refractivity contribution in [3.8, 4) is 0 Å². The van der Waals surface area contributed by atoms with Gasteiger partial charge in [0.1, 0.15) is 5.82 Å². The molecule has 1 N–H and O–H groups in total. The third-order valence-electron chi connectivity index (χ3n) is 3.06. The molecule has 2 aromatic rings. The summed E-state index contributed by atoms with van der Waals surface area (Å²) in [6, 6.07) is 11.0. The Hall–Kier alpha value is -1.72. The van der Waals surface area contributed by atoms with Crippen molar-refractivity contribution in [2.24, 2.45) is 0 Å². The van der Waals surface area contributed by atoms with E-state index < -0.39 is 10.0 Å². The summed E-state index contributed by atoms with van der Waals surface area (Å²) >= 11 is 0. The molecule has 0 unspecified atom stereocenters. The Labute approximate surface area is 118 Å². The highest BCUT2D eigenvalue weighted by atomic mass is 32.2. The monoisotopic (exact) mass is 293 g/mol. The van der Waals surface area contributed by atoms with Crippen molar-refractivity contribution >= 4 is 10.0 Å². The van der Waals surface area contributed by atoms with Crippen molar-refractivity contribution in [2.75, 3.05) is 0 Å². The lowest BCUT2D eigenvalue weighted by molar-refractivity contribution is 0.580. The van der Waals surface area contributed by atoms with Crippen molar-refractivity contribution < 1.29 is 12.8 Å². The summed E-state index contributed by atoms with van der Waals surface area (Å²) in [5.41, 5.74) is 2.34. The molecule has 5 heteroatoms. The fourth-order valence-electron chi connectivity index (χ4n) is 1.87. The molecule has 0 aliphatic heterocycles. The quantitative estimate of drug-likeness (QED) is 0.942. The number of sulfonamides is 1. The maximum Gasteiger partial charge on any atom is 0.240 e. The van der Waals surface area contributed by atoms with Crippen LogP contribution in [0.4, 0.5) is 4.39 Å². The van der Waals surface area contributed by atoms with Gasteiger partial charge in [0, 0.05) is 6.54 Å². The fourth-order valence-corrected chi connectivity index (χ4v) is 2.98. The first kappa shape index (κ1) is 14.7. The summed E-state index contributed by atoms with van der Waals surface area (Å²) in [5, 5.41) is 0. The largest absolute Gasteiger partial charge is 0.240 e. The van der Waals surface area contributed by atoms with Crippen LogP contribution in [0.1, 0.15) is 16.7 Å². The van der Waals surface area contributed by atoms with E-state index in [0.717, 1.165) is 11.1 Å². The molecule has 0 fully saturated rings. The standard InChI is InChI=1S/C15H16FNO2S/c1-11-4-3-5-15(8-11)20(18,19)17-10-13-9-14(16)7-6-12(13)2/h3-9,17H,10H2,1-2H3. The number of nitrogens with one attached hydrogen (secondary N) is 1. The third-order valence-corrected chi connectivity index (χ3v) is 4.46. The second-order valence-electron chi connectivity index (χ2n) is 4.71. The Morgan fingerprint density at radius 2 is 1.85 bits per heavy atom. The van der Waals surface area contributed by atoms with Gasteiger partial charge in [0.2, 0.25) is 10.0 Å². The van der Waals surface area contributed by atoms with E-state index in [1.165, 1.54) is 18.2 Å². The Morgan fingerprint density at radius 1 is 1.10 bits per heavy atom. The first-order valence-electron chi connectivity index (χ1n) is 6.20. The highest BCUT2D eigenvalue weighted by Crippen LogP contribution is 2.14. The molecule has 0 saturated heterocycles. The molecular weight excluding hydrogens is 277 g/mol. The number of halogens is 1. The Kier molecular flexibility index (Phi) is 4.20. The molecule has 20 heavy (non-hydrogen) atoms. The van der Waals surface area contributed by atoms with Gasteiger partial charge in [-0.25, -0.2) is 17.5 Å². The minimum absolute atomic E-state index is 0.0693. The summed E-state index contributed by atoms with van der Waals surface area (Å²) in [7, 11) is -3.58. The van der Waals surface area contributed by atoms with Gasteiger partial charge in [-0.15, -0.1) is 0 Å². The first-order chi connectivity index (χ1) is 9.38. The molecule has 0 saturated carbocycles. The van der Waals surface area contributed by atoms with E-state index in [4.69, 9.17) is 0 Å². The van der Waals surface area contributed by atoms with Gasteiger partial charge in [-0.05, 0) is 54.8 Å². The molecule has 0 spiro atoms. The average molecular weight is 293 g/mol. The lowest BCUT2D eigenvalue weighted by Gasteiger charge is -2.09. The molecule has 0 aliphatic rings. The van der Waals surface area contributed by atoms with Gasteiger partial charge in [0.15, 0.2) is 0 Å². The highest BCUT2D eigenvalue weighted by molar-refractivity contribution is 7.89. The molecule has 0 aliphatic carbocycles. The van der Waals surface area contributed by atoms with Crippen LogP contribution in [0.2, 0.25) is 0 Å². The van der Waals surface area contributed by atoms with Crippen LogP contribution in [-0.2, 0) is 16.6 Å². The van der Waals surface area contributed by atoms with E-state index in [9.17, 15) is 12.8 Å². The van der Waals surface area contributed by atoms with Crippen molar-refractivity contribution in [3.63, 3.8) is 0 Å². The minimum Gasteiger partial charge on any atom is -0.207 e. The fraction of sp³-hybridized carbons (Fsp3) is 0.200. The van der Waals surface area contributed by atoms with Gasteiger partial charge in [-0.3, -0.25) is 0 Å². The summed E-state index contributed by atoms with van der Waals surface area (Å²) in [6.07, 6.45) is 0. The minimum atomic E-state index is -3.58. The lowest BCUT2D eigenvalue weighted by Crippen LogP contribution is -2.23. The number of aryl methyl sites for hydroxylation is 2. The van der Waals surface area contributed by atoms with E-state index in [1.54, 1.807) is 18.2 Å². The Balaban J connectivity index is 2.19. The number of hydrogen-bond acceptors (Lipinski definition) is 2. The second kappa shape index (κ2) is 5.73. The molecule has 0 aromatic heterocycles. The van der Waals surface area contributed by atoms with E-state index in [0.29, 0.717) is 5.56 Å². The van der Waals surface area contributed by atoms with Gasteiger partial charge in [0.05, 0.1) is 4.90 Å². The lowest BCUT2D eigenvalue weighted by atomic mass is 10.1. The molecule has 0 amide bonds. The topological polar surface area (TPSA) is 46.2 Å². The average Bonchev–Trinajstić information content (AvgIpc) is 2.40. The van der Waals surface area contributed by atoms with Gasteiger partial charge in [-0.1, -0.05) is 18.2 Å². The summed E-state index contributed by atoms with van der Waals surface area (Å²) < 4.78 is 40.0. The molecular formula is C15H16FNO2S. The van der Waals surface area contributed by atoms with Crippen molar-refractivity contribution in [1.82, 2.24) is 4.72 Å². The maximum absolute atomic E-state index is 13.2. The molecule has 0 atom stereocenters. The Bertz CT molecular complexity index is 726. The number of rotatable bonds is 4. The predicted molar refractivity (Wildman–Crippen MR) is 76.3 cm³/mol. The van der Waals surface area contributed by atoms with Crippen LogP contribution in [0.5, 0.6) is 0 Å². The van der Waals surface area contributed by atoms with Crippen LogP contribution < -0.4 is 4.72 Å². The molecule has 0 radical (unpaired) electrons. The van der Waals surface area contributed by atoms with Crippen molar-refractivity contribution in [3.05, 3.63) is 65.0 Å². The SMILES string of the molecule is Cc1cccc(S(=O)(=O)NCc2cc(F)ccc2C)c1. The van der Waals surface area contributed by atoms with Gasteiger partial charge in [-0.2, -0.15) is 0 Å². The normalized spacial score (nSPS) is 11.6. The van der Waals surface area contributed by atoms with Crippen molar-refractivity contribution in [1.29, 1.82) is 0 Å². The van der Waals surface area contributed by atoms with Gasteiger partial charge < -0.3 is 0 Å². The first-order valence-corrected chi connectivity index (χ1v) is 7.68. The number of hydrogen-bond donors (Lipinski definition) is 1. The molecule has 2 rings (SSSR count). The van der Waals surface area contributed by atoms with Gasteiger partial charge >= 0.3 is 0 Å². The number of benzene rings is 2. The third kappa shape index (κ3) is 3.43. The van der Waals surface area contributed by atoms with Crippen LogP contribution in [0, 0.1) is 19.7 Å². The Morgan fingerprint density at radius 3 is 2.55 bits per heavy atom. The van der Waals surface area contributed by atoms with Gasteiger partial charge in [0.25, 0.3) is 0 Å². The van der Waals surface area contributed by atoms with Crippen LogP contribution in [0.3, 0.4) is 0 Å². The summed E-state index contributed by atoms with van der Waals surface area (Å²) in [6.45, 7) is 3.71. The van der Waals surface area contributed by atoms with Crippen LogP contribution in [-0.4, -0.2) is 8.42 Å². The smallest absolute Gasteiger partial charge is 0.207 e. The predicted octanol–water partition coefficient (Wildman–Crippen LogP) is 2.92. The van der Waals surface area contributed by atoms with E-state index in [-0.39, 0.29) is 17.3 Å². The molecule has 0 bridgehead atoms. The van der Waals surface area contributed by atoms with E-state index >= 15 is 0 Å². The van der Waals surface area contributed by atoms with Crippen LogP contribution >= 0.6 is 0 Å². The summed E-state index contributed by atoms with van der Waals surface area (Å²) in [5.74, 6) is -0.375. The van der Waals surface area contributed by atoms with E-state index in [1.807, 2.05) is 19.9 Å². The maximum atomic E-state index is 13.2. The van der Waals surface area contributed by atoms with Crippen LogP contribution in [0.25, 0.3) is 0 Å². The van der Waals surface area contributed by atoms with E-state index in [2.05, 4.69) is 4.72 Å². The molecule has 2 aromatic carbocycles. The molecule has 0 heterocycles. The van der Waals surface area contributed by atoms with Crippen molar-refractivity contribution in [2.45, 2.75) is 25.3 Å². The second-order valence-corrected chi connectivity index (χ2v) is 6.48. The highest BCUT2D eigenvalue weighted by Gasteiger charge is 2.14. The zero-order valence-corrected chi connectivity index (χ0v) is 12.2. The van der Waals surface area contributed by atoms with Crippen LogP contribution in [0.15, 0.2) is 47.4 Å².